The predicted molar refractivity (Wildman–Crippen MR) is 82.3 cm³/mol. The number of benzene rings is 1. The average molecular weight is 375 g/mol. The number of hydrogen-bond donors (Lipinski definition) is 2. The molecule has 0 aliphatic heterocycles. The quantitative estimate of drug-likeness (QED) is 0.779. The van der Waals surface area contributed by atoms with Gasteiger partial charge in [-0.1, -0.05) is 6.92 Å². The topological polar surface area (TPSA) is 58.2 Å². The Hall–Kier alpha value is -1.50. The van der Waals surface area contributed by atoms with Gasteiger partial charge in [-0.15, -0.1) is 0 Å². The molecule has 2 rings (SSSR count). The minimum Gasteiger partial charge on any atom is -0.345 e. The molecule has 0 spiro atoms. The van der Waals surface area contributed by atoms with Crippen LogP contribution >= 0.6 is 15.9 Å². The molecule has 4 nitrogen and oxygen atoms in total. The van der Waals surface area contributed by atoms with Crippen molar-refractivity contribution in [3.05, 3.63) is 28.2 Å². The standard InChI is InChI=1S/C15H17BrF2N2O2/c1-8-2-4-10(5-3-8)19-14(21)15(22)20-13-11(16)6-9(17)7-12(13)18/h6-8,10H,2-5H2,1H3,(H,19,21)(H,20,22). The first kappa shape index (κ1) is 16.9. The molecule has 1 saturated carbocycles. The Labute approximate surface area is 135 Å². The lowest BCUT2D eigenvalue weighted by molar-refractivity contribution is -0.136. The van der Waals surface area contributed by atoms with Crippen LogP contribution in [0.1, 0.15) is 32.6 Å². The van der Waals surface area contributed by atoms with Crippen molar-refractivity contribution in [1.82, 2.24) is 5.32 Å². The summed E-state index contributed by atoms with van der Waals surface area (Å²) in [5, 5.41) is 4.81. The number of carbonyl (C=O) groups excluding carboxylic acids is 2. The fourth-order valence-corrected chi connectivity index (χ4v) is 2.99. The maximum atomic E-state index is 13.6. The van der Waals surface area contributed by atoms with E-state index in [4.69, 9.17) is 0 Å². The third-order valence-corrected chi connectivity index (χ3v) is 4.43. The van der Waals surface area contributed by atoms with Crippen LogP contribution in [0.4, 0.5) is 14.5 Å². The van der Waals surface area contributed by atoms with E-state index in [2.05, 4.69) is 33.5 Å². The summed E-state index contributed by atoms with van der Waals surface area (Å²) in [4.78, 5) is 23.7. The second kappa shape index (κ2) is 7.17. The Bertz CT molecular complexity index is 564. The molecule has 1 aliphatic carbocycles. The summed E-state index contributed by atoms with van der Waals surface area (Å²) in [5.74, 6) is -2.87. The maximum Gasteiger partial charge on any atom is 0.313 e. The van der Waals surface area contributed by atoms with Crippen LogP contribution in [-0.2, 0) is 9.59 Å². The number of amides is 2. The van der Waals surface area contributed by atoms with Crippen LogP contribution in [0.5, 0.6) is 0 Å². The van der Waals surface area contributed by atoms with Crippen molar-refractivity contribution < 1.29 is 18.4 Å². The van der Waals surface area contributed by atoms with E-state index in [1.165, 1.54) is 0 Å². The number of hydrogen-bond acceptors (Lipinski definition) is 2. The summed E-state index contributed by atoms with van der Waals surface area (Å²) in [6.07, 6.45) is 3.67. The minimum absolute atomic E-state index is 0.0315. The van der Waals surface area contributed by atoms with Crippen molar-refractivity contribution in [3.63, 3.8) is 0 Å². The molecule has 0 saturated heterocycles. The molecule has 2 N–H and O–H groups in total. The number of anilines is 1. The zero-order valence-electron chi connectivity index (χ0n) is 12.1. The van der Waals surface area contributed by atoms with Gasteiger partial charge < -0.3 is 10.6 Å². The molecule has 120 valence electrons. The van der Waals surface area contributed by atoms with Crippen molar-refractivity contribution in [3.8, 4) is 0 Å². The van der Waals surface area contributed by atoms with Gasteiger partial charge in [0.25, 0.3) is 0 Å². The fourth-order valence-electron chi connectivity index (χ4n) is 2.49. The SMILES string of the molecule is CC1CCC(NC(=O)C(=O)Nc2c(F)cc(F)cc2Br)CC1. The first-order valence-electron chi connectivity index (χ1n) is 7.13. The second-order valence-electron chi connectivity index (χ2n) is 5.63. The third-order valence-electron chi connectivity index (χ3n) is 3.80. The Kier molecular flexibility index (Phi) is 5.50. The van der Waals surface area contributed by atoms with Crippen LogP contribution in [0, 0.1) is 17.6 Å². The lowest BCUT2D eigenvalue weighted by Crippen LogP contribution is -2.43. The molecular formula is C15H17BrF2N2O2. The highest BCUT2D eigenvalue weighted by molar-refractivity contribution is 9.10. The number of halogens is 3. The zero-order valence-corrected chi connectivity index (χ0v) is 13.7. The van der Waals surface area contributed by atoms with Crippen molar-refractivity contribution >= 4 is 33.4 Å². The van der Waals surface area contributed by atoms with Gasteiger partial charge in [0, 0.05) is 16.6 Å². The van der Waals surface area contributed by atoms with E-state index in [9.17, 15) is 18.4 Å². The van der Waals surface area contributed by atoms with Gasteiger partial charge in [0.15, 0.2) is 5.82 Å². The Balaban J connectivity index is 1.96. The van der Waals surface area contributed by atoms with Crippen LogP contribution in [-0.4, -0.2) is 17.9 Å². The molecule has 1 aromatic rings. The molecule has 0 unspecified atom stereocenters. The van der Waals surface area contributed by atoms with E-state index >= 15 is 0 Å². The largest absolute Gasteiger partial charge is 0.345 e. The molecule has 0 bridgehead atoms. The van der Waals surface area contributed by atoms with E-state index < -0.39 is 23.4 Å². The first-order chi connectivity index (χ1) is 10.4. The Morgan fingerprint density at radius 2 is 1.77 bits per heavy atom. The van der Waals surface area contributed by atoms with Crippen LogP contribution < -0.4 is 10.6 Å². The van der Waals surface area contributed by atoms with E-state index in [0.29, 0.717) is 12.0 Å². The van der Waals surface area contributed by atoms with E-state index in [0.717, 1.165) is 31.7 Å². The lowest BCUT2D eigenvalue weighted by Gasteiger charge is -2.26. The number of carbonyl (C=O) groups is 2. The van der Waals surface area contributed by atoms with E-state index in [1.807, 2.05) is 0 Å². The molecule has 1 aliphatic rings. The van der Waals surface area contributed by atoms with Gasteiger partial charge in [0.1, 0.15) is 5.82 Å². The molecule has 7 heteroatoms. The molecule has 1 fully saturated rings. The highest BCUT2D eigenvalue weighted by Gasteiger charge is 2.24. The molecule has 22 heavy (non-hydrogen) atoms. The molecule has 0 atom stereocenters. The summed E-state index contributed by atoms with van der Waals surface area (Å²) >= 11 is 2.95. The Morgan fingerprint density at radius 1 is 1.14 bits per heavy atom. The normalized spacial score (nSPS) is 21.3. The van der Waals surface area contributed by atoms with Gasteiger partial charge in [0.2, 0.25) is 0 Å². The molecule has 2 amide bonds. The van der Waals surface area contributed by atoms with Crippen LogP contribution in [0.2, 0.25) is 0 Å². The smallest absolute Gasteiger partial charge is 0.313 e. The van der Waals surface area contributed by atoms with Gasteiger partial charge in [-0.05, 0) is 53.6 Å². The van der Waals surface area contributed by atoms with Gasteiger partial charge in [-0.2, -0.15) is 0 Å². The summed E-state index contributed by atoms with van der Waals surface area (Å²) in [5.41, 5.74) is -0.251. The number of rotatable bonds is 2. The van der Waals surface area contributed by atoms with E-state index in [-0.39, 0.29) is 16.2 Å². The summed E-state index contributed by atoms with van der Waals surface area (Å²) in [6.45, 7) is 2.15. The van der Waals surface area contributed by atoms with Crippen LogP contribution in [0.15, 0.2) is 16.6 Å². The van der Waals surface area contributed by atoms with Crippen molar-refractivity contribution in [2.45, 2.75) is 38.6 Å². The fraction of sp³-hybridized carbons (Fsp3) is 0.467. The highest BCUT2D eigenvalue weighted by atomic mass is 79.9. The van der Waals surface area contributed by atoms with Gasteiger partial charge in [-0.3, -0.25) is 9.59 Å². The highest BCUT2D eigenvalue weighted by Crippen LogP contribution is 2.27. The van der Waals surface area contributed by atoms with E-state index in [1.54, 1.807) is 0 Å². The third kappa shape index (κ3) is 4.25. The monoisotopic (exact) mass is 374 g/mol. The van der Waals surface area contributed by atoms with Crippen molar-refractivity contribution in [2.24, 2.45) is 5.92 Å². The summed E-state index contributed by atoms with van der Waals surface area (Å²) in [7, 11) is 0. The number of nitrogens with one attached hydrogen (secondary N) is 2. The molecule has 0 heterocycles. The summed E-state index contributed by atoms with van der Waals surface area (Å²) in [6, 6.07) is 1.62. The maximum absolute atomic E-state index is 13.6. The second-order valence-corrected chi connectivity index (χ2v) is 6.48. The van der Waals surface area contributed by atoms with Gasteiger partial charge in [0.05, 0.1) is 5.69 Å². The van der Waals surface area contributed by atoms with Crippen LogP contribution in [0.25, 0.3) is 0 Å². The van der Waals surface area contributed by atoms with Gasteiger partial charge in [-0.25, -0.2) is 8.78 Å². The minimum atomic E-state index is -0.968. The molecule has 0 radical (unpaired) electrons. The van der Waals surface area contributed by atoms with Crippen molar-refractivity contribution in [1.29, 1.82) is 0 Å². The molecule has 1 aromatic carbocycles. The van der Waals surface area contributed by atoms with Crippen molar-refractivity contribution in [2.75, 3.05) is 5.32 Å². The summed E-state index contributed by atoms with van der Waals surface area (Å²) < 4.78 is 26.6. The predicted octanol–water partition coefficient (Wildman–Crippen LogP) is 3.36. The molecule has 0 aromatic heterocycles. The lowest BCUT2D eigenvalue weighted by atomic mass is 9.87. The zero-order chi connectivity index (χ0) is 16.3. The van der Waals surface area contributed by atoms with Crippen LogP contribution in [0.3, 0.4) is 0 Å². The first-order valence-corrected chi connectivity index (χ1v) is 7.92. The Morgan fingerprint density at radius 3 is 2.36 bits per heavy atom. The van der Waals surface area contributed by atoms with Gasteiger partial charge >= 0.3 is 11.8 Å². The molecular weight excluding hydrogens is 358 g/mol. The average Bonchev–Trinajstić information content (AvgIpc) is 2.45.